The second-order valence-electron chi connectivity index (χ2n) is 5.77. The van der Waals surface area contributed by atoms with Crippen molar-refractivity contribution in [1.82, 2.24) is 15.2 Å². The Morgan fingerprint density at radius 1 is 1.50 bits per heavy atom. The van der Waals surface area contributed by atoms with Gasteiger partial charge in [-0.3, -0.25) is 25.0 Å². The number of H-pyrrole nitrogens is 1. The number of carbonyl (C=O) groups excluding carboxylic acids is 2. The number of hydrogen-bond acceptors (Lipinski definition) is 7. The summed E-state index contributed by atoms with van der Waals surface area (Å²) in [5, 5.41) is 10.1. The number of carbonyl (C=O) groups is 2. The number of ether oxygens (including phenoxy) is 1. The molecular formula is C12H21N5O3S2. The van der Waals surface area contributed by atoms with Crippen molar-refractivity contribution in [3.8, 4) is 0 Å². The van der Waals surface area contributed by atoms with E-state index in [-0.39, 0.29) is 5.13 Å². The van der Waals surface area contributed by atoms with Gasteiger partial charge in [0.1, 0.15) is 5.92 Å². The number of amides is 2. The van der Waals surface area contributed by atoms with Gasteiger partial charge >= 0.3 is 0 Å². The normalized spacial score (nSPS) is 14.3. The molecule has 1 aromatic heterocycles. The third kappa shape index (κ3) is 5.44. The summed E-state index contributed by atoms with van der Waals surface area (Å²) in [7, 11) is 1.38. The first-order valence-corrected chi connectivity index (χ1v) is 7.80. The minimum absolute atomic E-state index is 0.287. The zero-order chi connectivity index (χ0) is 17.1. The predicted octanol–water partition coefficient (Wildman–Crippen LogP) is 1.29. The van der Waals surface area contributed by atoms with Crippen LogP contribution in [0.1, 0.15) is 27.7 Å². The van der Waals surface area contributed by atoms with E-state index < -0.39 is 29.4 Å². The third-order valence-corrected chi connectivity index (χ3v) is 3.58. The van der Waals surface area contributed by atoms with Crippen LogP contribution in [0.2, 0.25) is 0 Å². The van der Waals surface area contributed by atoms with Crippen molar-refractivity contribution in [2.24, 2.45) is 11.8 Å². The first-order chi connectivity index (χ1) is 10.0. The summed E-state index contributed by atoms with van der Waals surface area (Å²) in [6.45, 7) is 7.18. The number of nitrogens with one attached hydrogen (secondary N) is 2. The van der Waals surface area contributed by atoms with Crippen molar-refractivity contribution in [2.45, 2.75) is 39.4 Å². The topological polar surface area (TPSA) is 113 Å². The Balaban J connectivity index is 2.96. The number of aromatic nitrogens is 2. The first-order valence-electron chi connectivity index (χ1n) is 6.57. The minimum Gasteiger partial charge on any atom is -0.372 e. The Morgan fingerprint density at radius 2 is 2.09 bits per heavy atom. The fourth-order valence-electron chi connectivity index (χ4n) is 1.84. The summed E-state index contributed by atoms with van der Waals surface area (Å²) in [4.78, 5) is 24.6. The zero-order valence-electron chi connectivity index (χ0n) is 13.2. The molecule has 8 nitrogen and oxygen atoms in total. The van der Waals surface area contributed by atoms with Crippen LogP contribution in [0.3, 0.4) is 0 Å². The molecule has 0 fully saturated rings. The fraction of sp³-hybridized carbons (Fsp3) is 0.667. The molecule has 0 aliphatic carbocycles. The number of anilines is 1. The van der Waals surface area contributed by atoms with Crippen LogP contribution in [0.4, 0.5) is 5.13 Å². The molecule has 0 aromatic carbocycles. The van der Waals surface area contributed by atoms with E-state index in [1.54, 1.807) is 6.92 Å². The maximum Gasteiger partial charge on any atom is 0.251 e. The fourth-order valence-corrected chi connectivity index (χ4v) is 2.63. The smallest absolute Gasteiger partial charge is 0.251 e. The number of hydrogen-bond donors (Lipinski definition) is 3. The Bertz CT molecular complexity index is 590. The van der Waals surface area contributed by atoms with Gasteiger partial charge in [-0.1, -0.05) is 11.3 Å². The van der Waals surface area contributed by atoms with Gasteiger partial charge in [0.05, 0.1) is 11.7 Å². The van der Waals surface area contributed by atoms with E-state index in [0.717, 1.165) is 16.3 Å². The van der Waals surface area contributed by atoms with Crippen molar-refractivity contribution in [2.75, 3.05) is 12.4 Å². The van der Waals surface area contributed by atoms with E-state index in [1.807, 2.05) is 20.8 Å². The molecular weight excluding hydrogens is 326 g/mol. The van der Waals surface area contributed by atoms with E-state index in [9.17, 15) is 9.59 Å². The van der Waals surface area contributed by atoms with E-state index in [0.29, 0.717) is 3.95 Å². The van der Waals surface area contributed by atoms with E-state index in [4.69, 9.17) is 22.8 Å². The molecule has 1 heterocycles. The van der Waals surface area contributed by atoms with Crippen molar-refractivity contribution in [3.63, 3.8) is 0 Å². The van der Waals surface area contributed by atoms with Crippen LogP contribution in [0.25, 0.3) is 0 Å². The summed E-state index contributed by atoms with van der Waals surface area (Å²) in [6, 6.07) is 0. The molecule has 0 aliphatic heterocycles. The van der Waals surface area contributed by atoms with Gasteiger partial charge in [-0.15, -0.1) is 5.10 Å². The largest absolute Gasteiger partial charge is 0.372 e. The Morgan fingerprint density at radius 3 is 2.50 bits per heavy atom. The van der Waals surface area contributed by atoms with Crippen LogP contribution in [0, 0.1) is 9.87 Å². The van der Waals surface area contributed by atoms with Crippen LogP contribution < -0.4 is 11.2 Å². The van der Waals surface area contributed by atoms with E-state index in [1.165, 1.54) is 7.05 Å². The van der Waals surface area contributed by atoms with Crippen molar-refractivity contribution >= 4 is 40.5 Å². The molecule has 124 valence electrons. The molecule has 2 unspecified atom stereocenters. The minimum atomic E-state index is -1.09. The average molecular weight is 347 g/mol. The molecule has 2 atom stereocenters. The lowest BCUT2D eigenvalue weighted by atomic mass is 10.00. The van der Waals surface area contributed by atoms with Crippen LogP contribution in [0.5, 0.6) is 0 Å². The SMILES string of the molecule is CC(OC(C)(C)C)C(C(=O)Nc1n[nH]c(=S)s1)C(=O)N(C)N. The van der Waals surface area contributed by atoms with E-state index in [2.05, 4.69) is 15.5 Å². The molecule has 1 rings (SSSR count). The lowest BCUT2D eigenvalue weighted by Gasteiger charge is -2.30. The summed E-state index contributed by atoms with van der Waals surface area (Å²) in [6.07, 6.45) is -0.662. The van der Waals surface area contributed by atoms with E-state index >= 15 is 0 Å². The van der Waals surface area contributed by atoms with Gasteiger partial charge in [0.15, 0.2) is 3.95 Å². The monoisotopic (exact) mass is 347 g/mol. The summed E-state index contributed by atoms with van der Waals surface area (Å²) in [5.41, 5.74) is -0.506. The molecule has 0 spiro atoms. The lowest BCUT2D eigenvalue weighted by Crippen LogP contribution is -2.49. The number of hydrazine groups is 1. The summed E-state index contributed by atoms with van der Waals surface area (Å²) >= 11 is 5.99. The first kappa shape index (κ1) is 18.7. The standard InChI is InChI=1S/C12H21N5O3S2/c1-6(20-12(2,3)4)7(9(19)17(5)13)8(18)14-10-15-16-11(21)22-10/h6-7H,13H2,1-5H3,(H,16,21)(H,14,15,18). The quantitative estimate of drug-likeness (QED) is 0.243. The van der Waals surface area contributed by atoms with Gasteiger partial charge in [0.25, 0.3) is 5.91 Å². The molecule has 10 heteroatoms. The van der Waals surface area contributed by atoms with Gasteiger partial charge in [0.2, 0.25) is 11.0 Å². The molecule has 2 amide bonds. The molecule has 0 saturated carbocycles. The maximum atomic E-state index is 12.4. The second-order valence-corrected chi connectivity index (χ2v) is 7.44. The van der Waals surface area contributed by atoms with Crippen LogP contribution in [-0.4, -0.2) is 45.8 Å². The van der Waals surface area contributed by atoms with Gasteiger partial charge in [-0.2, -0.15) is 0 Å². The highest BCUT2D eigenvalue weighted by molar-refractivity contribution is 7.73. The van der Waals surface area contributed by atoms with Gasteiger partial charge in [0, 0.05) is 7.05 Å². The molecule has 1 aromatic rings. The molecule has 4 N–H and O–H groups in total. The van der Waals surface area contributed by atoms with Gasteiger partial charge in [-0.25, -0.2) is 5.84 Å². The molecule has 0 aliphatic rings. The highest BCUT2D eigenvalue weighted by Gasteiger charge is 2.36. The zero-order valence-corrected chi connectivity index (χ0v) is 14.8. The third-order valence-electron chi connectivity index (χ3n) is 2.57. The Hall–Kier alpha value is -1.36. The van der Waals surface area contributed by atoms with Gasteiger partial charge < -0.3 is 4.74 Å². The summed E-state index contributed by atoms with van der Waals surface area (Å²) in [5.74, 6) is 3.30. The second kappa shape index (κ2) is 7.27. The summed E-state index contributed by atoms with van der Waals surface area (Å²) < 4.78 is 6.15. The number of rotatable bonds is 5. The Labute approximate surface area is 138 Å². The van der Waals surface area contributed by atoms with Crippen LogP contribution in [0.15, 0.2) is 0 Å². The van der Waals surface area contributed by atoms with Crippen LogP contribution in [-0.2, 0) is 14.3 Å². The molecule has 0 bridgehead atoms. The highest BCUT2D eigenvalue weighted by atomic mass is 32.1. The number of nitrogens with zero attached hydrogens (tertiary/aromatic N) is 2. The van der Waals surface area contributed by atoms with Crippen molar-refractivity contribution < 1.29 is 14.3 Å². The van der Waals surface area contributed by atoms with Crippen molar-refractivity contribution in [1.29, 1.82) is 0 Å². The number of aromatic amines is 1. The molecule has 22 heavy (non-hydrogen) atoms. The maximum absolute atomic E-state index is 12.4. The van der Waals surface area contributed by atoms with Crippen molar-refractivity contribution in [3.05, 3.63) is 3.95 Å². The van der Waals surface area contributed by atoms with Crippen LogP contribution >= 0.6 is 23.6 Å². The van der Waals surface area contributed by atoms with Gasteiger partial charge in [-0.05, 0) is 39.9 Å². The molecule has 0 radical (unpaired) electrons. The predicted molar refractivity (Wildman–Crippen MR) is 86.7 cm³/mol. The average Bonchev–Trinajstić information content (AvgIpc) is 2.72. The lowest BCUT2D eigenvalue weighted by molar-refractivity contribution is -0.151. The Kier molecular flexibility index (Phi) is 6.17. The highest BCUT2D eigenvalue weighted by Crippen LogP contribution is 2.20. The number of nitrogens with two attached hydrogens (primary N) is 1. The molecule has 0 saturated heterocycles.